The lowest BCUT2D eigenvalue weighted by molar-refractivity contribution is -0.115. The average molecular weight is 288 g/mol. The molecular weight excluding hydrogens is 268 g/mol. The number of anilines is 2. The molecule has 112 valence electrons. The van der Waals surface area contributed by atoms with Crippen molar-refractivity contribution in [2.45, 2.75) is 19.4 Å². The Hall–Kier alpha value is -2.34. The molecule has 0 saturated carbocycles. The van der Waals surface area contributed by atoms with E-state index in [0.29, 0.717) is 24.5 Å². The molecule has 0 aliphatic rings. The van der Waals surface area contributed by atoms with Gasteiger partial charge in [-0.25, -0.2) is 0 Å². The molecule has 0 unspecified atom stereocenters. The van der Waals surface area contributed by atoms with Gasteiger partial charge in [-0.1, -0.05) is 12.1 Å². The number of benzene rings is 1. The highest BCUT2D eigenvalue weighted by Crippen LogP contribution is 2.08. The van der Waals surface area contributed by atoms with E-state index in [4.69, 9.17) is 10.5 Å². The van der Waals surface area contributed by atoms with E-state index in [1.807, 2.05) is 18.3 Å². The summed E-state index contributed by atoms with van der Waals surface area (Å²) in [5, 5.41) is 7.07. The second-order valence-electron chi connectivity index (χ2n) is 4.78. The highest BCUT2D eigenvalue weighted by Gasteiger charge is 2.06. The van der Waals surface area contributed by atoms with Gasteiger partial charge in [0.25, 0.3) is 0 Å². The monoisotopic (exact) mass is 288 g/mol. The zero-order valence-corrected chi connectivity index (χ0v) is 12.1. The summed E-state index contributed by atoms with van der Waals surface area (Å²) in [7, 11) is 1.67. The number of nitrogens with two attached hydrogens (primary N) is 1. The van der Waals surface area contributed by atoms with Crippen molar-refractivity contribution in [3.05, 3.63) is 42.1 Å². The first-order valence-electron chi connectivity index (χ1n) is 6.84. The molecule has 1 amide bonds. The minimum Gasteiger partial charge on any atom is -0.399 e. The van der Waals surface area contributed by atoms with E-state index < -0.39 is 0 Å². The normalized spacial score (nSPS) is 10.5. The summed E-state index contributed by atoms with van der Waals surface area (Å²) in [4.78, 5) is 11.9. The summed E-state index contributed by atoms with van der Waals surface area (Å²) in [5.41, 5.74) is 7.22. The Kier molecular flexibility index (Phi) is 5.34. The number of hydrogen-bond donors (Lipinski definition) is 2. The molecule has 0 aliphatic heterocycles. The molecule has 6 nitrogen and oxygen atoms in total. The number of ether oxygens (including phenoxy) is 1. The number of carbonyl (C=O) groups is 1. The van der Waals surface area contributed by atoms with E-state index in [0.717, 1.165) is 18.5 Å². The van der Waals surface area contributed by atoms with Gasteiger partial charge in [-0.2, -0.15) is 5.10 Å². The third-order valence-corrected chi connectivity index (χ3v) is 2.99. The first kappa shape index (κ1) is 15.1. The van der Waals surface area contributed by atoms with Crippen molar-refractivity contribution in [3.8, 4) is 0 Å². The van der Waals surface area contributed by atoms with Gasteiger partial charge in [-0.05, 0) is 24.1 Å². The van der Waals surface area contributed by atoms with Crippen LogP contribution >= 0.6 is 0 Å². The van der Waals surface area contributed by atoms with Gasteiger partial charge in [0.2, 0.25) is 5.91 Å². The van der Waals surface area contributed by atoms with E-state index >= 15 is 0 Å². The first-order chi connectivity index (χ1) is 10.2. The van der Waals surface area contributed by atoms with Crippen LogP contribution in [-0.4, -0.2) is 29.4 Å². The van der Waals surface area contributed by atoms with Gasteiger partial charge < -0.3 is 15.8 Å². The highest BCUT2D eigenvalue weighted by molar-refractivity contribution is 5.91. The summed E-state index contributed by atoms with van der Waals surface area (Å²) in [6.45, 7) is 1.46. The van der Waals surface area contributed by atoms with Crippen molar-refractivity contribution in [2.24, 2.45) is 0 Å². The zero-order chi connectivity index (χ0) is 15.1. The van der Waals surface area contributed by atoms with Crippen LogP contribution in [0, 0.1) is 0 Å². The molecule has 0 radical (unpaired) electrons. The molecule has 1 heterocycles. The SMILES string of the molecule is COCCCn1ccc(NC(=O)Cc2ccc(N)cc2)n1. The smallest absolute Gasteiger partial charge is 0.229 e. The molecule has 21 heavy (non-hydrogen) atoms. The summed E-state index contributed by atoms with van der Waals surface area (Å²) in [5.74, 6) is 0.467. The predicted octanol–water partition coefficient (Wildman–Crippen LogP) is 1.68. The Balaban J connectivity index is 1.83. The lowest BCUT2D eigenvalue weighted by atomic mass is 10.1. The molecular formula is C15H20N4O2. The van der Waals surface area contributed by atoms with Crippen molar-refractivity contribution in [1.82, 2.24) is 9.78 Å². The lowest BCUT2D eigenvalue weighted by Crippen LogP contribution is -2.15. The molecule has 0 fully saturated rings. The zero-order valence-electron chi connectivity index (χ0n) is 12.1. The van der Waals surface area contributed by atoms with E-state index in [2.05, 4.69) is 10.4 Å². The molecule has 2 rings (SSSR count). The van der Waals surface area contributed by atoms with Gasteiger partial charge in [0.05, 0.1) is 6.42 Å². The van der Waals surface area contributed by atoms with Crippen LogP contribution in [0.15, 0.2) is 36.5 Å². The van der Waals surface area contributed by atoms with Crippen LogP contribution < -0.4 is 11.1 Å². The van der Waals surface area contributed by atoms with Crippen LogP contribution in [0.25, 0.3) is 0 Å². The maximum Gasteiger partial charge on any atom is 0.229 e. The van der Waals surface area contributed by atoms with Crippen molar-refractivity contribution < 1.29 is 9.53 Å². The van der Waals surface area contributed by atoms with E-state index in [9.17, 15) is 4.79 Å². The Bertz CT molecular complexity index is 578. The average Bonchev–Trinajstić information content (AvgIpc) is 2.89. The van der Waals surface area contributed by atoms with E-state index in [-0.39, 0.29) is 5.91 Å². The number of carbonyl (C=O) groups excluding carboxylic acids is 1. The van der Waals surface area contributed by atoms with Gasteiger partial charge >= 0.3 is 0 Å². The lowest BCUT2D eigenvalue weighted by Gasteiger charge is -2.03. The molecule has 1 aromatic heterocycles. The summed E-state index contributed by atoms with van der Waals surface area (Å²) >= 11 is 0. The maximum absolute atomic E-state index is 11.9. The summed E-state index contributed by atoms with van der Waals surface area (Å²) < 4.78 is 6.78. The van der Waals surface area contributed by atoms with Gasteiger partial charge in [-0.15, -0.1) is 0 Å². The van der Waals surface area contributed by atoms with Gasteiger partial charge in [0.15, 0.2) is 5.82 Å². The largest absolute Gasteiger partial charge is 0.399 e. The van der Waals surface area contributed by atoms with Gasteiger partial charge in [-0.3, -0.25) is 9.48 Å². The second-order valence-corrected chi connectivity index (χ2v) is 4.78. The summed E-state index contributed by atoms with van der Waals surface area (Å²) in [6, 6.07) is 9.05. The Morgan fingerprint density at radius 1 is 1.33 bits per heavy atom. The molecule has 2 aromatic rings. The Morgan fingerprint density at radius 3 is 2.81 bits per heavy atom. The Morgan fingerprint density at radius 2 is 2.10 bits per heavy atom. The number of nitrogens with zero attached hydrogens (tertiary/aromatic N) is 2. The van der Waals surface area contributed by atoms with Gasteiger partial charge in [0, 0.05) is 38.2 Å². The number of rotatable bonds is 7. The van der Waals surface area contributed by atoms with Crippen LogP contribution in [-0.2, 0) is 22.5 Å². The molecule has 0 atom stereocenters. The number of methoxy groups -OCH3 is 1. The summed E-state index contributed by atoms with van der Waals surface area (Å²) in [6.07, 6.45) is 3.03. The fourth-order valence-corrected chi connectivity index (χ4v) is 1.93. The topological polar surface area (TPSA) is 82.2 Å². The van der Waals surface area contributed by atoms with Crippen LogP contribution in [0.1, 0.15) is 12.0 Å². The van der Waals surface area contributed by atoms with Gasteiger partial charge in [0.1, 0.15) is 0 Å². The molecule has 3 N–H and O–H groups in total. The van der Waals surface area contributed by atoms with Crippen LogP contribution in [0.5, 0.6) is 0 Å². The fourth-order valence-electron chi connectivity index (χ4n) is 1.93. The number of nitrogen functional groups attached to an aromatic ring is 1. The minimum atomic E-state index is -0.0955. The molecule has 1 aromatic carbocycles. The van der Waals surface area contributed by atoms with Crippen molar-refractivity contribution in [3.63, 3.8) is 0 Å². The number of aryl methyl sites for hydroxylation is 1. The third-order valence-electron chi connectivity index (χ3n) is 2.99. The first-order valence-corrected chi connectivity index (χ1v) is 6.84. The van der Waals surface area contributed by atoms with Crippen molar-refractivity contribution in [2.75, 3.05) is 24.8 Å². The number of aromatic nitrogens is 2. The molecule has 0 saturated heterocycles. The maximum atomic E-state index is 11.9. The van der Waals surface area contributed by atoms with E-state index in [1.54, 1.807) is 30.0 Å². The number of amides is 1. The van der Waals surface area contributed by atoms with Crippen LogP contribution in [0.4, 0.5) is 11.5 Å². The van der Waals surface area contributed by atoms with Crippen molar-refractivity contribution in [1.29, 1.82) is 0 Å². The second kappa shape index (κ2) is 7.44. The predicted molar refractivity (Wildman–Crippen MR) is 81.9 cm³/mol. The minimum absolute atomic E-state index is 0.0955. The van der Waals surface area contributed by atoms with Crippen LogP contribution in [0.3, 0.4) is 0 Å². The molecule has 0 bridgehead atoms. The third kappa shape index (κ3) is 4.92. The molecule has 0 aliphatic carbocycles. The number of nitrogens with one attached hydrogen (secondary N) is 1. The van der Waals surface area contributed by atoms with Crippen LogP contribution in [0.2, 0.25) is 0 Å². The number of hydrogen-bond acceptors (Lipinski definition) is 4. The Labute approximate surface area is 123 Å². The molecule has 6 heteroatoms. The van der Waals surface area contributed by atoms with E-state index in [1.165, 1.54) is 0 Å². The molecule has 0 spiro atoms. The van der Waals surface area contributed by atoms with Crippen molar-refractivity contribution >= 4 is 17.4 Å². The quantitative estimate of drug-likeness (QED) is 0.600. The standard InChI is InChI=1S/C15H20N4O2/c1-21-10-2-8-19-9-7-14(18-19)17-15(20)11-12-3-5-13(16)6-4-12/h3-7,9H,2,8,10-11,16H2,1H3,(H,17,18,20). The fraction of sp³-hybridized carbons (Fsp3) is 0.333. The highest BCUT2D eigenvalue weighted by atomic mass is 16.5.